The van der Waals surface area contributed by atoms with Gasteiger partial charge in [0.2, 0.25) is 5.91 Å². The van der Waals surface area contributed by atoms with Gasteiger partial charge in [0.05, 0.1) is 19.0 Å². The van der Waals surface area contributed by atoms with E-state index in [1.54, 1.807) is 30.4 Å². The molecule has 8 heteroatoms. The Bertz CT molecular complexity index is 980. The van der Waals surface area contributed by atoms with Gasteiger partial charge in [0.25, 0.3) is 0 Å². The smallest absolute Gasteiger partial charge is 0.228 e. The van der Waals surface area contributed by atoms with Gasteiger partial charge < -0.3 is 15.0 Å². The van der Waals surface area contributed by atoms with Crippen molar-refractivity contribution in [2.45, 2.75) is 12.8 Å². The van der Waals surface area contributed by atoms with Gasteiger partial charge in [-0.1, -0.05) is 12.1 Å². The number of aromatic nitrogens is 4. The molecule has 0 spiro atoms. The first-order valence-corrected chi connectivity index (χ1v) is 9.64. The zero-order valence-electron chi connectivity index (χ0n) is 16.6. The van der Waals surface area contributed by atoms with Crippen molar-refractivity contribution < 1.29 is 9.53 Å². The Morgan fingerprint density at radius 1 is 1.21 bits per heavy atom. The summed E-state index contributed by atoms with van der Waals surface area (Å²) >= 11 is 0. The highest BCUT2D eigenvalue weighted by molar-refractivity contribution is 5.92. The van der Waals surface area contributed by atoms with Crippen LogP contribution in [-0.4, -0.2) is 45.9 Å². The molecule has 0 atom stereocenters. The van der Waals surface area contributed by atoms with E-state index in [1.807, 2.05) is 37.4 Å². The van der Waals surface area contributed by atoms with Crippen molar-refractivity contribution >= 4 is 17.5 Å². The van der Waals surface area contributed by atoms with Gasteiger partial charge >= 0.3 is 0 Å². The fraction of sp³-hybridized carbons (Fsp3) is 0.333. The van der Waals surface area contributed by atoms with Gasteiger partial charge in [-0.2, -0.15) is 5.10 Å². The van der Waals surface area contributed by atoms with Gasteiger partial charge in [0, 0.05) is 50.1 Å². The van der Waals surface area contributed by atoms with Gasteiger partial charge in [-0.05, 0) is 25.0 Å². The van der Waals surface area contributed by atoms with Crippen molar-refractivity contribution in [1.82, 2.24) is 19.7 Å². The SMILES string of the molecule is COc1cccc(-c2cc(NC(=O)C3CCN(c4cnccn4)CC3)n(C)n2)c1. The zero-order valence-corrected chi connectivity index (χ0v) is 16.6. The van der Waals surface area contributed by atoms with Crippen LogP contribution in [0, 0.1) is 5.92 Å². The summed E-state index contributed by atoms with van der Waals surface area (Å²) < 4.78 is 6.98. The molecule has 0 saturated carbocycles. The van der Waals surface area contributed by atoms with E-state index < -0.39 is 0 Å². The molecule has 3 aromatic rings. The molecule has 1 aliphatic rings. The number of carbonyl (C=O) groups excluding carboxylic acids is 1. The van der Waals surface area contributed by atoms with Crippen LogP contribution in [0.2, 0.25) is 0 Å². The van der Waals surface area contributed by atoms with Gasteiger partial charge in [0.1, 0.15) is 17.4 Å². The first kappa shape index (κ1) is 18.9. The summed E-state index contributed by atoms with van der Waals surface area (Å²) in [5.41, 5.74) is 1.73. The van der Waals surface area contributed by atoms with Crippen molar-refractivity contribution in [3.8, 4) is 17.0 Å². The van der Waals surface area contributed by atoms with Crippen LogP contribution in [0.4, 0.5) is 11.6 Å². The number of rotatable bonds is 5. The standard InChI is InChI=1S/C21H24N6O2/c1-26-19(13-18(25-26)16-4-3-5-17(12-16)29-2)24-21(28)15-6-10-27(11-7-15)20-14-22-8-9-23-20/h3-5,8-9,12-15H,6-7,10-11H2,1-2H3,(H,24,28). The van der Waals surface area contributed by atoms with Crippen molar-refractivity contribution in [3.63, 3.8) is 0 Å². The molecule has 2 aromatic heterocycles. The van der Waals surface area contributed by atoms with Gasteiger partial charge in [-0.25, -0.2) is 4.98 Å². The van der Waals surface area contributed by atoms with E-state index in [1.165, 1.54) is 0 Å². The molecule has 4 rings (SSSR count). The molecule has 0 radical (unpaired) electrons. The average Bonchev–Trinajstić information content (AvgIpc) is 3.14. The molecular weight excluding hydrogens is 368 g/mol. The number of amides is 1. The van der Waals surface area contributed by atoms with Gasteiger partial charge in [-0.3, -0.25) is 14.5 Å². The maximum atomic E-state index is 12.8. The number of hydrogen-bond acceptors (Lipinski definition) is 6. The van der Waals surface area contributed by atoms with E-state index in [0.29, 0.717) is 5.82 Å². The molecule has 1 N–H and O–H groups in total. The number of nitrogens with one attached hydrogen (secondary N) is 1. The lowest BCUT2D eigenvalue weighted by Crippen LogP contribution is -2.38. The highest BCUT2D eigenvalue weighted by Crippen LogP contribution is 2.26. The van der Waals surface area contributed by atoms with Crippen LogP contribution in [0.15, 0.2) is 48.9 Å². The maximum absolute atomic E-state index is 12.8. The lowest BCUT2D eigenvalue weighted by atomic mass is 9.96. The predicted octanol–water partition coefficient (Wildman–Crippen LogP) is 2.74. The minimum absolute atomic E-state index is 0.0295. The maximum Gasteiger partial charge on any atom is 0.228 e. The quantitative estimate of drug-likeness (QED) is 0.719. The Morgan fingerprint density at radius 3 is 2.76 bits per heavy atom. The summed E-state index contributed by atoms with van der Waals surface area (Å²) in [4.78, 5) is 23.4. The molecule has 1 amide bonds. The normalized spacial score (nSPS) is 14.6. The Kier molecular flexibility index (Phi) is 5.41. The van der Waals surface area contributed by atoms with Crippen molar-refractivity contribution in [2.75, 3.05) is 30.4 Å². The second-order valence-electron chi connectivity index (χ2n) is 7.08. The Hall–Kier alpha value is -3.42. The summed E-state index contributed by atoms with van der Waals surface area (Å²) in [5.74, 6) is 2.32. The number of benzene rings is 1. The molecule has 29 heavy (non-hydrogen) atoms. The van der Waals surface area contributed by atoms with E-state index in [0.717, 1.165) is 48.8 Å². The molecule has 1 saturated heterocycles. The van der Waals surface area contributed by atoms with Crippen LogP contribution in [-0.2, 0) is 11.8 Å². The molecule has 0 aliphatic carbocycles. The minimum atomic E-state index is -0.0295. The number of ether oxygens (including phenoxy) is 1. The molecule has 1 aliphatic heterocycles. The highest BCUT2D eigenvalue weighted by Gasteiger charge is 2.26. The monoisotopic (exact) mass is 392 g/mol. The van der Waals surface area contributed by atoms with E-state index in [-0.39, 0.29) is 11.8 Å². The topological polar surface area (TPSA) is 85.2 Å². The summed E-state index contributed by atoms with van der Waals surface area (Å²) in [6.07, 6.45) is 6.68. The number of aryl methyl sites for hydroxylation is 1. The van der Waals surface area contributed by atoms with E-state index >= 15 is 0 Å². The summed E-state index contributed by atoms with van der Waals surface area (Å²) in [6, 6.07) is 9.60. The number of piperidine rings is 1. The second-order valence-corrected chi connectivity index (χ2v) is 7.08. The molecule has 1 fully saturated rings. The minimum Gasteiger partial charge on any atom is -0.497 e. The Morgan fingerprint density at radius 2 is 2.03 bits per heavy atom. The van der Waals surface area contributed by atoms with Crippen LogP contribution >= 0.6 is 0 Å². The molecule has 8 nitrogen and oxygen atoms in total. The second kappa shape index (κ2) is 8.30. The lowest BCUT2D eigenvalue weighted by molar-refractivity contribution is -0.120. The summed E-state index contributed by atoms with van der Waals surface area (Å²) in [6.45, 7) is 1.58. The van der Waals surface area contributed by atoms with Crippen molar-refractivity contribution in [2.24, 2.45) is 13.0 Å². The molecule has 1 aromatic carbocycles. The fourth-order valence-electron chi connectivity index (χ4n) is 3.56. The molecule has 150 valence electrons. The zero-order chi connectivity index (χ0) is 20.2. The average molecular weight is 392 g/mol. The van der Waals surface area contributed by atoms with Crippen molar-refractivity contribution in [1.29, 1.82) is 0 Å². The number of hydrogen-bond donors (Lipinski definition) is 1. The number of carbonyl (C=O) groups is 1. The van der Waals surface area contributed by atoms with Crippen LogP contribution in [0.3, 0.4) is 0 Å². The Labute approximate surface area is 169 Å². The third-order valence-electron chi connectivity index (χ3n) is 5.24. The van der Waals surface area contributed by atoms with Crippen LogP contribution in [0.5, 0.6) is 5.75 Å². The van der Waals surface area contributed by atoms with E-state index in [4.69, 9.17) is 4.74 Å². The molecule has 3 heterocycles. The first-order valence-electron chi connectivity index (χ1n) is 9.64. The van der Waals surface area contributed by atoms with Crippen molar-refractivity contribution in [3.05, 3.63) is 48.9 Å². The van der Waals surface area contributed by atoms with E-state index in [9.17, 15) is 4.79 Å². The third-order valence-corrected chi connectivity index (χ3v) is 5.24. The fourth-order valence-corrected chi connectivity index (χ4v) is 3.56. The van der Waals surface area contributed by atoms with E-state index in [2.05, 4.69) is 25.3 Å². The van der Waals surface area contributed by atoms with Gasteiger partial charge in [0.15, 0.2) is 0 Å². The summed E-state index contributed by atoms with van der Waals surface area (Å²) in [7, 11) is 3.47. The largest absolute Gasteiger partial charge is 0.497 e. The number of anilines is 2. The first-order chi connectivity index (χ1) is 14.1. The molecular formula is C21H24N6O2. The Balaban J connectivity index is 1.39. The van der Waals surface area contributed by atoms with Crippen LogP contribution in [0.25, 0.3) is 11.3 Å². The summed E-state index contributed by atoms with van der Waals surface area (Å²) in [5, 5.41) is 7.57. The van der Waals surface area contributed by atoms with Crippen LogP contribution < -0.4 is 15.0 Å². The molecule has 0 unspecified atom stereocenters. The highest BCUT2D eigenvalue weighted by atomic mass is 16.5. The molecule has 0 bridgehead atoms. The third kappa shape index (κ3) is 4.21. The lowest BCUT2D eigenvalue weighted by Gasteiger charge is -2.31. The van der Waals surface area contributed by atoms with Gasteiger partial charge in [-0.15, -0.1) is 0 Å². The van der Waals surface area contributed by atoms with Crippen LogP contribution in [0.1, 0.15) is 12.8 Å². The predicted molar refractivity (Wildman–Crippen MR) is 111 cm³/mol. The number of methoxy groups -OCH3 is 1. The number of nitrogens with zero attached hydrogens (tertiary/aromatic N) is 5.